The molecule has 0 nitrogen and oxygen atoms in total. The summed E-state index contributed by atoms with van der Waals surface area (Å²) < 4.78 is 47.1. The molecule has 0 aromatic rings. The van der Waals surface area contributed by atoms with E-state index in [9.17, 15) is 17.6 Å². The Balaban J connectivity index is 2.70. The summed E-state index contributed by atoms with van der Waals surface area (Å²) in [5, 5.41) is -1.69. The van der Waals surface area contributed by atoms with Crippen LogP contribution in [0.5, 0.6) is 0 Å². The third kappa shape index (κ3) is 0.723. The first-order valence-electron chi connectivity index (χ1n) is 2.27. The Morgan fingerprint density at radius 1 is 1.22 bits per heavy atom. The minimum atomic E-state index is -3.99. The lowest BCUT2D eigenvalue weighted by molar-refractivity contribution is -0.271. The maximum absolute atomic E-state index is 11.8. The van der Waals surface area contributed by atoms with Crippen molar-refractivity contribution in [2.75, 3.05) is 0 Å². The standard InChI is InChI=1S/C4H3ClF4/c5-2-1-3(6,7)4(2,8)9/h2H,1H2. The van der Waals surface area contributed by atoms with Gasteiger partial charge in [-0.25, -0.2) is 0 Å². The first-order valence-corrected chi connectivity index (χ1v) is 2.71. The van der Waals surface area contributed by atoms with E-state index in [0.717, 1.165) is 0 Å². The normalized spacial score (nSPS) is 37.7. The number of hydrogen-bond donors (Lipinski definition) is 0. The molecular weight excluding hydrogens is 159 g/mol. The van der Waals surface area contributed by atoms with E-state index in [4.69, 9.17) is 11.6 Å². The molecule has 0 spiro atoms. The van der Waals surface area contributed by atoms with Gasteiger partial charge < -0.3 is 0 Å². The van der Waals surface area contributed by atoms with E-state index < -0.39 is 23.6 Å². The zero-order valence-corrected chi connectivity index (χ0v) is 4.93. The second-order valence-corrected chi connectivity index (χ2v) is 2.53. The quantitative estimate of drug-likeness (QED) is 0.379. The molecule has 5 heteroatoms. The Hall–Kier alpha value is 0.01000. The molecule has 0 heterocycles. The molecule has 1 fully saturated rings. The third-order valence-corrected chi connectivity index (χ3v) is 1.75. The zero-order chi connectivity index (χ0) is 7.28. The second kappa shape index (κ2) is 1.54. The Kier molecular flexibility index (Phi) is 1.22. The Morgan fingerprint density at radius 2 is 1.67 bits per heavy atom. The van der Waals surface area contributed by atoms with Crippen molar-refractivity contribution >= 4 is 11.6 Å². The van der Waals surface area contributed by atoms with E-state index in [2.05, 4.69) is 0 Å². The first kappa shape index (κ1) is 7.12. The molecule has 0 N–H and O–H groups in total. The zero-order valence-electron chi connectivity index (χ0n) is 4.17. The van der Waals surface area contributed by atoms with Crippen LogP contribution in [0.1, 0.15) is 6.42 Å². The molecule has 0 saturated heterocycles. The van der Waals surface area contributed by atoms with Crippen molar-refractivity contribution in [3.8, 4) is 0 Å². The highest BCUT2D eigenvalue weighted by Gasteiger charge is 2.71. The summed E-state index contributed by atoms with van der Waals surface area (Å²) >= 11 is 4.80. The van der Waals surface area contributed by atoms with Crippen LogP contribution in [-0.2, 0) is 0 Å². The van der Waals surface area contributed by atoms with E-state index in [1.165, 1.54) is 0 Å². The molecule has 0 bridgehead atoms. The van der Waals surface area contributed by atoms with E-state index in [-0.39, 0.29) is 0 Å². The van der Waals surface area contributed by atoms with Crippen LogP contribution in [0.2, 0.25) is 0 Å². The Bertz CT molecular complexity index is 133. The van der Waals surface area contributed by atoms with E-state index in [0.29, 0.717) is 0 Å². The highest BCUT2D eigenvalue weighted by atomic mass is 35.5. The van der Waals surface area contributed by atoms with Gasteiger partial charge in [0.05, 0.1) is 0 Å². The van der Waals surface area contributed by atoms with Crippen molar-refractivity contribution in [2.45, 2.75) is 23.6 Å². The SMILES string of the molecule is FC1(F)CC(Cl)C1(F)F. The Labute approximate surface area is 53.8 Å². The average Bonchev–Trinajstić information content (AvgIpc) is 1.65. The number of rotatable bonds is 0. The Morgan fingerprint density at radius 3 is 1.67 bits per heavy atom. The molecule has 0 radical (unpaired) electrons. The van der Waals surface area contributed by atoms with Gasteiger partial charge in [0.25, 0.3) is 0 Å². The maximum Gasteiger partial charge on any atom is 0.326 e. The van der Waals surface area contributed by atoms with Gasteiger partial charge in [-0.3, -0.25) is 0 Å². The topological polar surface area (TPSA) is 0 Å². The van der Waals surface area contributed by atoms with Crippen LogP contribution in [0.15, 0.2) is 0 Å². The molecule has 1 atom stereocenters. The van der Waals surface area contributed by atoms with Gasteiger partial charge in [0.2, 0.25) is 0 Å². The van der Waals surface area contributed by atoms with Crippen LogP contribution < -0.4 is 0 Å². The fourth-order valence-electron chi connectivity index (χ4n) is 0.587. The van der Waals surface area contributed by atoms with Gasteiger partial charge >= 0.3 is 11.8 Å². The van der Waals surface area contributed by atoms with Crippen molar-refractivity contribution in [3.05, 3.63) is 0 Å². The van der Waals surface area contributed by atoms with Gasteiger partial charge in [-0.05, 0) is 0 Å². The van der Waals surface area contributed by atoms with Crippen molar-refractivity contribution in [1.29, 1.82) is 0 Å². The average molecular weight is 163 g/mol. The summed E-state index contributed by atoms with van der Waals surface area (Å²) in [6.45, 7) is 0. The van der Waals surface area contributed by atoms with Gasteiger partial charge in [-0.2, -0.15) is 17.6 Å². The number of halogens is 5. The molecule has 9 heavy (non-hydrogen) atoms. The van der Waals surface area contributed by atoms with E-state index >= 15 is 0 Å². The van der Waals surface area contributed by atoms with Crippen LogP contribution >= 0.6 is 11.6 Å². The second-order valence-electron chi connectivity index (χ2n) is 2.00. The highest BCUT2D eigenvalue weighted by Crippen LogP contribution is 2.53. The predicted octanol–water partition coefficient (Wildman–Crippen LogP) is 2.27. The molecular formula is C4H3ClF4. The lowest BCUT2D eigenvalue weighted by Crippen LogP contribution is -2.59. The van der Waals surface area contributed by atoms with Crippen molar-refractivity contribution in [2.24, 2.45) is 0 Å². The molecule has 0 aromatic carbocycles. The van der Waals surface area contributed by atoms with E-state index in [1.807, 2.05) is 0 Å². The molecule has 1 unspecified atom stereocenters. The van der Waals surface area contributed by atoms with Gasteiger partial charge in [0.15, 0.2) is 0 Å². The minimum Gasteiger partial charge on any atom is -0.200 e. The summed E-state index contributed by atoms with van der Waals surface area (Å²) in [4.78, 5) is 0. The van der Waals surface area contributed by atoms with Gasteiger partial charge in [0.1, 0.15) is 5.38 Å². The summed E-state index contributed by atoms with van der Waals surface area (Å²) in [6, 6.07) is 0. The largest absolute Gasteiger partial charge is 0.326 e. The van der Waals surface area contributed by atoms with Crippen molar-refractivity contribution in [1.82, 2.24) is 0 Å². The van der Waals surface area contributed by atoms with Gasteiger partial charge in [-0.1, -0.05) is 0 Å². The first-order chi connectivity index (χ1) is 3.88. The molecule has 1 saturated carbocycles. The summed E-state index contributed by atoms with van der Waals surface area (Å²) in [5.74, 6) is -7.87. The fraction of sp³-hybridized carbons (Fsp3) is 1.00. The molecule has 0 amide bonds. The van der Waals surface area contributed by atoms with Crippen LogP contribution in [0, 0.1) is 0 Å². The van der Waals surface area contributed by atoms with Gasteiger partial charge in [0, 0.05) is 6.42 Å². The number of hydrogen-bond acceptors (Lipinski definition) is 0. The van der Waals surface area contributed by atoms with Crippen LogP contribution in [0.4, 0.5) is 17.6 Å². The monoisotopic (exact) mass is 162 g/mol. The summed E-state index contributed by atoms with van der Waals surface area (Å²) in [7, 11) is 0. The van der Waals surface area contributed by atoms with Gasteiger partial charge in [-0.15, -0.1) is 11.6 Å². The lowest BCUT2D eigenvalue weighted by atomic mass is 9.89. The molecule has 1 aliphatic rings. The fourth-order valence-corrected chi connectivity index (χ4v) is 0.941. The molecule has 1 aliphatic carbocycles. The van der Waals surface area contributed by atoms with Crippen LogP contribution in [-0.4, -0.2) is 17.2 Å². The minimum absolute atomic E-state index is 0.915. The number of alkyl halides is 5. The van der Waals surface area contributed by atoms with Crippen molar-refractivity contribution in [3.63, 3.8) is 0 Å². The highest BCUT2D eigenvalue weighted by molar-refractivity contribution is 6.22. The van der Waals surface area contributed by atoms with E-state index in [1.54, 1.807) is 0 Å². The van der Waals surface area contributed by atoms with Crippen molar-refractivity contribution < 1.29 is 17.6 Å². The molecule has 1 rings (SSSR count). The summed E-state index contributed by atoms with van der Waals surface area (Å²) in [6.07, 6.45) is -0.915. The van der Waals surface area contributed by atoms with Crippen LogP contribution in [0.3, 0.4) is 0 Å². The predicted molar refractivity (Wildman–Crippen MR) is 24.2 cm³/mol. The molecule has 54 valence electrons. The molecule has 0 aliphatic heterocycles. The summed E-state index contributed by atoms with van der Waals surface area (Å²) in [5.41, 5.74) is 0. The third-order valence-electron chi connectivity index (χ3n) is 1.32. The lowest BCUT2D eigenvalue weighted by Gasteiger charge is -2.40. The molecule has 0 aromatic heterocycles. The van der Waals surface area contributed by atoms with Crippen LogP contribution in [0.25, 0.3) is 0 Å². The maximum atomic E-state index is 11.8. The smallest absolute Gasteiger partial charge is 0.200 e.